The third kappa shape index (κ3) is 5.47. The van der Waals surface area contributed by atoms with Crippen LogP contribution in [0.3, 0.4) is 0 Å². The number of Topliss-reactive ketones (excluding diaryl/α,β-unsaturated/α-hetero) is 1. The molecule has 0 atom stereocenters. The number of carbonyl (C=O) groups excluding carboxylic acids is 2. The maximum atomic E-state index is 11.7. The molecule has 0 unspecified atom stereocenters. The van der Waals surface area contributed by atoms with E-state index in [0.29, 0.717) is 5.75 Å². The Labute approximate surface area is 135 Å². The van der Waals surface area contributed by atoms with Gasteiger partial charge in [-0.1, -0.05) is 32.0 Å². The molecule has 6 nitrogen and oxygen atoms in total. The zero-order valence-electron chi connectivity index (χ0n) is 13.5. The second-order valence-corrected chi connectivity index (χ2v) is 5.23. The van der Waals surface area contributed by atoms with E-state index in [1.165, 1.54) is 6.92 Å². The van der Waals surface area contributed by atoms with Gasteiger partial charge in [-0.15, -0.1) is 0 Å². The Morgan fingerprint density at radius 1 is 1.26 bits per heavy atom. The van der Waals surface area contributed by atoms with Crippen LogP contribution in [-0.4, -0.2) is 25.0 Å². The zero-order chi connectivity index (χ0) is 17.4. The fourth-order valence-corrected chi connectivity index (χ4v) is 1.86. The zero-order valence-corrected chi connectivity index (χ0v) is 13.5. The SMILES string of the molecule is CC(N)=C(C#N)C(=O)COC(=O)COc1ccccc1C(C)C. The van der Waals surface area contributed by atoms with E-state index in [-0.39, 0.29) is 23.8 Å². The molecule has 0 aromatic heterocycles. The highest BCUT2D eigenvalue weighted by atomic mass is 16.6. The minimum Gasteiger partial charge on any atom is -0.482 e. The molecule has 0 aliphatic carbocycles. The lowest BCUT2D eigenvalue weighted by molar-refractivity contribution is -0.149. The van der Waals surface area contributed by atoms with Crippen LogP contribution in [0.4, 0.5) is 0 Å². The van der Waals surface area contributed by atoms with Crippen molar-refractivity contribution in [3.05, 3.63) is 41.1 Å². The van der Waals surface area contributed by atoms with Crippen LogP contribution >= 0.6 is 0 Å². The molecule has 0 aliphatic heterocycles. The van der Waals surface area contributed by atoms with Gasteiger partial charge < -0.3 is 15.2 Å². The van der Waals surface area contributed by atoms with Crippen LogP contribution in [-0.2, 0) is 14.3 Å². The number of ketones is 1. The first kappa shape index (κ1) is 18.2. The van der Waals surface area contributed by atoms with Crippen LogP contribution in [0.25, 0.3) is 0 Å². The summed E-state index contributed by atoms with van der Waals surface area (Å²) in [5.41, 5.74) is 6.27. The lowest BCUT2D eigenvalue weighted by Gasteiger charge is -2.13. The molecule has 2 N–H and O–H groups in total. The molecule has 0 spiro atoms. The number of para-hydroxylation sites is 1. The van der Waals surface area contributed by atoms with Crippen molar-refractivity contribution in [2.75, 3.05) is 13.2 Å². The number of nitrogens with two attached hydrogens (primary N) is 1. The molecule has 0 heterocycles. The molecule has 0 fully saturated rings. The largest absolute Gasteiger partial charge is 0.482 e. The Morgan fingerprint density at radius 2 is 1.91 bits per heavy atom. The molecule has 0 bridgehead atoms. The molecule has 0 amide bonds. The highest BCUT2D eigenvalue weighted by Crippen LogP contribution is 2.25. The first-order chi connectivity index (χ1) is 10.9. The molecule has 1 aromatic carbocycles. The molecule has 1 rings (SSSR count). The summed E-state index contributed by atoms with van der Waals surface area (Å²) in [6.45, 7) is 4.62. The Kier molecular flexibility index (Phi) is 6.81. The summed E-state index contributed by atoms with van der Waals surface area (Å²) >= 11 is 0. The number of esters is 1. The van der Waals surface area contributed by atoms with Crippen LogP contribution in [0, 0.1) is 11.3 Å². The lowest BCUT2D eigenvalue weighted by atomic mass is 10.0. The van der Waals surface area contributed by atoms with Gasteiger partial charge in [0.05, 0.1) is 0 Å². The third-order valence-corrected chi connectivity index (χ3v) is 3.04. The van der Waals surface area contributed by atoms with E-state index in [0.717, 1.165) is 5.56 Å². The summed E-state index contributed by atoms with van der Waals surface area (Å²) in [5, 5.41) is 8.79. The summed E-state index contributed by atoms with van der Waals surface area (Å²) in [6, 6.07) is 9.07. The van der Waals surface area contributed by atoms with Gasteiger partial charge in [-0.05, 0) is 24.5 Å². The summed E-state index contributed by atoms with van der Waals surface area (Å²) in [5.74, 6) is -0.479. The summed E-state index contributed by atoms with van der Waals surface area (Å²) in [4.78, 5) is 23.3. The third-order valence-electron chi connectivity index (χ3n) is 3.04. The van der Waals surface area contributed by atoms with E-state index in [9.17, 15) is 9.59 Å². The van der Waals surface area contributed by atoms with Gasteiger partial charge in [0, 0.05) is 5.70 Å². The minimum atomic E-state index is -0.691. The second-order valence-electron chi connectivity index (χ2n) is 5.23. The van der Waals surface area contributed by atoms with Crippen LogP contribution in [0.1, 0.15) is 32.3 Å². The second kappa shape index (κ2) is 8.59. The van der Waals surface area contributed by atoms with Crippen LogP contribution in [0.15, 0.2) is 35.5 Å². The number of carbonyl (C=O) groups is 2. The van der Waals surface area contributed by atoms with Gasteiger partial charge in [-0.25, -0.2) is 4.79 Å². The first-order valence-corrected chi connectivity index (χ1v) is 7.13. The minimum absolute atomic E-state index is 0.0932. The number of hydrogen-bond acceptors (Lipinski definition) is 6. The Bertz CT molecular complexity index is 653. The predicted molar refractivity (Wildman–Crippen MR) is 84.5 cm³/mol. The van der Waals surface area contributed by atoms with Crippen molar-refractivity contribution in [3.63, 3.8) is 0 Å². The predicted octanol–water partition coefficient (Wildman–Crippen LogP) is 2.06. The summed E-state index contributed by atoms with van der Waals surface area (Å²) in [7, 11) is 0. The molecule has 0 radical (unpaired) electrons. The average Bonchev–Trinajstić information content (AvgIpc) is 2.51. The molecule has 0 aliphatic rings. The molecule has 0 saturated carbocycles. The molecular formula is C17H20N2O4. The van der Waals surface area contributed by atoms with Crippen LogP contribution < -0.4 is 10.5 Å². The van der Waals surface area contributed by atoms with E-state index >= 15 is 0 Å². The number of rotatable bonds is 7. The quantitative estimate of drug-likeness (QED) is 0.469. The maximum Gasteiger partial charge on any atom is 0.344 e. The summed E-state index contributed by atoms with van der Waals surface area (Å²) in [6.07, 6.45) is 0. The average molecular weight is 316 g/mol. The van der Waals surface area contributed by atoms with Gasteiger partial charge in [0.25, 0.3) is 0 Å². The van der Waals surface area contributed by atoms with Crippen molar-refractivity contribution in [2.45, 2.75) is 26.7 Å². The Balaban J connectivity index is 2.55. The Hall–Kier alpha value is -2.81. The molecule has 6 heteroatoms. The normalized spacial score (nSPS) is 11.4. The van der Waals surface area contributed by atoms with E-state index in [2.05, 4.69) is 0 Å². The number of benzene rings is 1. The number of ether oxygens (including phenoxy) is 2. The van der Waals surface area contributed by atoms with Gasteiger partial charge in [0.2, 0.25) is 5.78 Å². The maximum absolute atomic E-state index is 11.7. The Morgan fingerprint density at radius 3 is 2.48 bits per heavy atom. The van der Waals surface area contributed by atoms with Gasteiger partial charge in [-0.3, -0.25) is 4.79 Å². The van der Waals surface area contributed by atoms with Gasteiger partial charge in [0.1, 0.15) is 17.4 Å². The standard InChI is InChI=1S/C17H20N2O4/c1-11(2)13-6-4-5-7-16(13)22-10-17(21)23-9-15(20)14(8-18)12(3)19/h4-7,11H,9-10,19H2,1-3H3. The molecule has 23 heavy (non-hydrogen) atoms. The number of allylic oxidation sites excluding steroid dienone is 1. The van der Waals surface area contributed by atoms with Crippen molar-refractivity contribution in [3.8, 4) is 11.8 Å². The number of hydrogen-bond donors (Lipinski definition) is 1. The first-order valence-electron chi connectivity index (χ1n) is 7.13. The number of nitriles is 1. The van der Waals surface area contributed by atoms with Crippen molar-refractivity contribution in [1.82, 2.24) is 0 Å². The molecule has 0 saturated heterocycles. The lowest BCUT2D eigenvalue weighted by Crippen LogP contribution is -2.21. The van der Waals surface area contributed by atoms with Gasteiger partial charge >= 0.3 is 5.97 Å². The molecule has 122 valence electrons. The van der Waals surface area contributed by atoms with E-state index in [1.54, 1.807) is 12.1 Å². The van der Waals surface area contributed by atoms with Crippen molar-refractivity contribution < 1.29 is 19.1 Å². The van der Waals surface area contributed by atoms with E-state index in [1.807, 2.05) is 32.0 Å². The molecule has 1 aromatic rings. The smallest absolute Gasteiger partial charge is 0.344 e. The van der Waals surface area contributed by atoms with Gasteiger partial charge in [-0.2, -0.15) is 5.26 Å². The van der Waals surface area contributed by atoms with Crippen molar-refractivity contribution in [1.29, 1.82) is 5.26 Å². The van der Waals surface area contributed by atoms with Crippen molar-refractivity contribution in [2.24, 2.45) is 5.73 Å². The van der Waals surface area contributed by atoms with Crippen molar-refractivity contribution >= 4 is 11.8 Å². The van der Waals surface area contributed by atoms with E-state index in [4.69, 9.17) is 20.5 Å². The van der Waals surface area contributed by atoms with E-state index < -0.39 is 18.4 Å². The molecular weight excluding hydrogens is 296 g/mol. The fraction of sp³-hybridized carbons (Fsp3) is 0.353. The fourth-order valence-electron chi connectivity index (χ4n) is 1.86. The topological polar surface area (TPSA) is 102 Å². The van der Waals surface area contributed by atoms with Crippen LogP contribution in [0.2, 0.25) is 0 Å². The summed E-state index contributed by atoms with van der Waals surface area (Å²) < 4.78 is 10.2. The highest BCUT2D eigenvalue weighted by Gasteiger charge is 2.15. The number of nitrogens with zero attached hydrogens (tertiary/aromatic N) is 1. The van der Waals surface area contributed by atoms with Crippen LogP contribution in [0.5, 0.6) is 5.75 Å². The highest BCUT2D eigenvalue weighted by molar-refractivity contribution is 6.01. The monoisotopic (exact) mass is 316 g/mol. The van der Waals surface area contributed by atoms with Gasteiger partial charge in [0.15, 0.2) is 13.2 Å².